The third-order valence-corrected chi connectivity index (χ3v) is 6.96. The Kier molecular flexibility index (Phi) is 7.94. The third kappa shape index (κ3) is 6.53. The zero-order valence-electron chi connectivity index (χ0n) is 21.4. The monoisotopic (exact) mass is 520 g/mol. The lowest BCUT2D eigenvalue weighted by Gasteiger charge is -2.38. The van der Waals surface area contributed by atoms with E-state index in [2.05, 4.69) is 37.3 Å². The van der Waals surface area contributed by atoms with Gasteiger partial charge >= 0.3 is 0 Å². The normalized spacial score (nSPS) is 16.4. The van der Waals surface area contributed by atoms with E-state index in [4.69, 9.17) is 9.15 Å². The molecule has 3 aromatic rings. The van der Waals surface area contributed by atoms with Crippen LogP contribution < -0.4 is 10.1 Å². The number of benzene rings is 1. The molecule has 2 N–H and O–H groups in total. The summed E-state index contributed by atoms with van der Waals surface area (Å²) in [6.45, 7) is 5.44. The molecule has 0 spiro atoms. The van der Waals surface area contributed by atoms with Crippen molar-refractivity contribution in [1.82, 2.24) is 30.1 Å². The Labute approximate surface area is 220 Å². The maximum Gasteiger partial charge on any atom is 0.270 e. The Bertz CT molecular complexity index is 1260. The van der Waals surface area contributed by atoms with Gasteiger partial charge < -0.3 is 24.5 Å². The highest BCUT2D eigenvalue weighted by atomic mass is 16.5. The van der Waals surface area contributed by atoms with Gasteiger partial charge in [-0.1, -0.05) is 6.07 Å². The molecule has 38 heavy (non-hydrogen) atoms. The van der Waals surface area contributed by atoms with Gasteiger partial charge in [0.15, 0.2) is 12.2 Å². The van der Waals surface area contributed by atoms with E-state index in [0.29, 0.717) is 44.3 Å². The van der Waals surface area contributed by atoms with Crippen molar-refractivity contribution in [2.45, 2.75) is 39.0 Å². The largest absolute Gasteiger partial charge is 0.486 e. The summed E-state index contributed by atoms with van der Waals surface area (Å²) >= 11 is 0. The first-order valence-electron chi connectivity index (χ1n) is 12.8. The molecular formula is C27H32N6O5. The standard InChI is InChI=1S/C27H32N6O5/c1-18(34)33-11-19(12-33)6-22-8-26(31-16-30-22)27(36)29-9-23(35)14-32-5-4-20-7-24(3-2-21(20)13-32)37-15-25-10-28-17-38-25/h2-3,7-8,10,16-17,19,23,35H,4-6,9,11-15H2,1H3,(H,29,36)/t23-/m0/s1. The summed E-state index contributed by atoms with van der Waals surface area (Å²) in [5.74, 6) is 1.55. The van der Waals surface area contributed by atoms with Gasteiger partial charge in [0.05, 0.1) is 12.3 Å². The van der Waals surface area contributed by atoms with E-state index in [1.165, 1.54) is 23.8 Å². The van der Waals surface area contributed by atoms with Crippen LogP contribution in [-0.4, -0.2) is 80.5 Å². The van der Waals surface area contributed by atoms with Crippen molar-refractivity contribution in [1.29, 1.82) is 0 Å². The van der Waals surface area contributed by atoms with Crippen LogP contribution in [-0.2, 0) is 30.8 Å². The van der Waals surface area contributed by atoms with Crippen LogP contribution in [0.4, 0.5) is 0 Å². The zero-order valence-corrected chi connectivity index (χ0v) is 21.4. The van der Waals surface area contributed by atoms with Crippen molar-refractivity contribution >= 4 is 11.8 Å². The Morgan fingerprint density at radius 2 is 2.11 bits per heavy atom. The van der Waals surface area contributed by atoms with E-state index in [1.807, 2.05) is 6.07 Å². The Hall–Kier alpha value is -3.83. The lowest BCUT2D eigenvalue weighted by atomic mass is 9.94. The Morgan fingerprint density at radius 1 is 1.24 bits per heavy atom. The van der Waals surface area contributed by atoms with Gasteiger partial charge in [0.2, 0.25) is 5.91 Å². The lowest BCUT2D eigenvalue weighted by Crippen LogP contribution is -2.49. The maximum absolute atomic E-state index is 12.6. The van der Waals surface area contributed by atoms with E-state index in [9.17, 15) is 14.7 Å². The molecule has 0 bridgehead atoms. The van der Waals surface area contributed by atoms with E-state index in [1.54, 1.807) is 24.1 Å². The Morgan fingerprint density at radius 3 is 2.89 bits per heavy atom. The molecule has 0 unspecified atom stereocenters. The maximum atomic E-state index is 12.6. The molecule has 5 rings (SSSR count). The van der Waals surface area contributed by atoms with Crippen molar-refractivity contribution in [2.24, 2.45) is 5.92 Å². The number of hydrogen-bond donors (Lipinski definition) is 2. The average molecular weight is 521 g/mol. The number of ether oxygens (including phenoxy) is 1. The number of rotatable bonds is 10. The van der Waals surface area contributed by atoms with Crippen LogP contribution in [0.15, 0.2) is 47.6 Å². The molecule has 200 valence electrons. The molecule has 4 heterocycles. The summed E-state index contributed by atoms with van der Waals surface area (Å²) < 4.78 is 11.0. The molecule has 2 aromatic heterocycles. The second kappa shape index (κ2) is 11.7. The third-order valence-electron chi connectivity index (χ3n) is 6.96. The molecule has 0 radical (unpaired) electrons. The van der Waals surface area contributed by atoms with Crippen molar-refractivity contribution in [3.63, 3.8) is 0 Å². The number of carbonyl (C=O) groups excluding carboxylic acids is 2. The number of likely N-dealkylation sites (tertiary alicyclic amines) is 1. The van der Waals surface area contributed by atoms with Crippen molar-refractivity contribution in [2.75, 3.05) is 32.7 Å². The van der Waals surface area contributed by atoms with Crippen LogP contribution in [0.25, 0.3) is 0 Å². The summed E-state index contributed by atoms with van der Waals surface area (Å²) in [7, 11) is 0. The van der Waals surface area contributed by atoms with Gasteiger partial charge in [0.1, 0.15) is 24.4 Å². The number of hydrogen-bond acceptors (Lipinski definition) is 9. The van der Waals surface area contributed by atoms with Crippen LogP contribution in [0.3, 0.4) is 0 Å². The summed E-state index contributed by atoms with van der Waals surface area (Å²) in [6.07, 6.45) is 5.24. The molecule has 2 aliphatic rings. The molecule has 0 aliphatic carbocycles. The van der Waals surface area contributed by atoms with Crippen molar-refractivity contribution < 1.29 is 23.8 Å². The molecule has 2 amide bonds. The first kappa shape index (κ1) is 25.8. The second-order valence-corrected chi connectivity index (χ2v) is 9.92. The summed E-state index contributed by atoms with van der Waals surface area (Å²) in [6, 6.07) is 7.73. The number of nitrogens with zero attached hydrogens (tertiary/aromatic N) is 5. The summed E-state index contributed by atoms with van der Waals surface area (Å²) in [4.78, 5) is 40.2. The molecule has 1 saturated heterocycles. The topological polar surface area (TPSA) is 134 Å². The zero-order chi connectivity index (χ0) is 26.5. The van der Waals surface area contributed by atoms with Crippen molar-refractivity contribution in [3.05, 3.63) is 71.5 Å². The van der Waals surface area contributed by atoms with Crippen molar-refractivity contribution in [3.8, 4) is 5.75 Å². The predicted molar refractivity (Wildman–Crippen MR) is 136 cm³/mol. The number of carbonyl (C=O) groups is 2. The van der Waals surface area contributed by atoms with E-state index < -0.39 is 6.10 Å². The molecule has 1 fully saturated rings. The van der Waals surface area contributed by atoms with Gasteiger partial charge in [-0.25, -0.2) is 15.0 Å². The smallest absolute Gasteiger partial charge is 0.270 e. The van der Waals surface area contributed by atoms with Crippen LogP contribution in [0, 0.1) is 5.92 Å². The van der Waals surface area contributed by atoms with Gasteiger partial charge in [-0.05, 0) is 48.1 Å². The first-order valence-corrected chi connectivity index (χ1v) is 12.8. The van der Waals surface area contributed by atoms with Crippen LogP contribution in [0.5, 0.6) is 5.75 Å². The minimum atomic E-state index is -0.709. The fraction of sp³-hybridized carbons (Fsp3) is 0.444. The summed E-state index contributed by atoms with van der Waals surface area (Å²) in [5.41, 5.74) is 3.48. The van der Waals surface area contributed by atoms with Gasteiger partial charge in [-0.15, -0.1) is 0 Å². The molecule has 0 saturated carbocycles. The summed E-state index contributed by atoms with van der Waals surface area (Å²) in [5, 5.41) is 13.4. The molecule has 11 heteroatoms. The molecule has 1 aromatic carbocycles. The van der Waals surface area contributed by atoms with Crippen LogP contribution >= 0.6 is 0 Å². The number of aromatic nitrogens is 3. The number of aliphatic hydroxyl groups excluding tert-OH is 1. The van der Waals surface area contributed by atoms with Crippen LogP contribution in [0.2, 0.25) is 0 Å². The molecule has 11 nitrogen and oxygen atoms in total. The minimum Gasteiger partial charge on any atom is -0.486 e. The molecule has 2 aliphatic heterocycles. The van der Waals surface area contributed by atoms with E-state index in [0.717, 1.165) is 31.0 Å². The molecular weight excluding hydrogens is 488 g/mol. The highest BCUT2D eigenvalue weighted by molar-refractivity contribution is 5.92. The van der Waals surface area contributed by atoms with Gasteiger partial charge in [-0.3, -0.25) is 14.5 Å². The number of nitrogens with one attached hydrogen (secondary N) is 1. The highest BCUT2D eigenvalue weighted by Gasteiger charge is 2.29. The fourth-order valence-corrected chi connectivity index (χ4v) is 4.85. The number of aliphatic hydroxyl groups is 1. The SMILES string of the molecule is CC(=O)N1CC(Cc2cc(C(=O)NC[C@H](O)CN3CCc4cc(OCc5cnco5)ccc4C3)ncn2)C1. The highest BCUT2D eigenvalue weighted by Crippen LogP contribution is 2.25. The van der Waals surface area contributed by atoms with Gasteiger partial charge in [0, 0.05) is 51.9 Å². The second-order valence-electron chi connectivity index (χ2n) is 9.92. The quantitative estimate of drug-likeness (QED) is 0.405. The predicted octanol–water partition coefficient (Wildman–Crippen LogP) is 1.21. The number of β-amino-alcohol motifs (C(OH)–C–C–N with tert-alkyl or cyclic N) is 1. The lowest BCUT2D eigenvalue weighted by molar-refractivity contribution is -0.134. The van der Waals surface area contributed by atoms with E-state index >= 15 is 0 Å². The van der Waals surface area contributed by atoms with E-state index in [-0.39, 0.29) is 24.1 Å². The first-order chi connectivity index (χ1) is 18.4. The molecule has 1 atom stereocenters. The van der Waals surface area contributed by atoms with Gasteiger partial charge in [-0.2, -0.15) is 0 Å². The number of oxazole rings is 1. The number of fused-ring (bicyclic) bond motifs is 1. The fourth-order valence-electron chi connectivity index (χ4n) is 4.85. The van der Waals surface area contributed by atoms with Gasteiger partial charge in [0.25, 0.3) is 5.91 Å². The average Bonchev–Trinajstić information content (AvgIpc) is 3.41. The minimum absolute atomic E-state index is 0.0789. The number of amides is 2. The Balaban J connectivity index is 1.05. The van der Waals surface area contributed by atoms with Crippen LogP contribution in [0.1, 0.15) is 40.0 Å².